The Morgan fingerprint density at radius 2 is 2.00 bits per heavy atom. The highest BCUT2D eigenvalue weighted by molar-refractivity contribution is 5.76. The zero-order chi connectivity index (χ0) is 14.3. The van der Waals surface area contributed by atoms with E-state index in [-0.39, 0.29) is 17.3 Å². The average molecular weight is 273 g/mol. The Hall–Kier alpha value is -1.88. The monoisotopic (exact) mass is 273 g/mol. The molecule has 1 saturated heterocycles. The Bertz CT molecular complexity index is 745. The smallest absolute Gasteiger partial charge is 0.307 e. The molecule has 1 fully saturated rings. The molecule has 0 bridgehead atoms. The lowest BCUT2D eigenvalue weighted by Crippen LogP contribution is -2.39. The van der Waals surface area contributed by atoms with Crippen LogP contribution in [0.1, 0.15) is 26.3 Å². The molecule has 0 saturated carbocycles. The minimum absolute atomic E-state index is 0.0294. The summed E-state index contributed by atoms with van der Waals surface area (Å²) >= 11 is 0. The van der Waals surface area contributed by atoms with E-state index in [2.05, 4.69) is 23.7 Å². The highest BCUT2D eigenvalue weighted by Gasteiger charge is 2.27. The van der Waals surface area contributed by atoms with Crippen LogP contribution in [0.3, 0.4) is 0 Å². The van der Waals surface area contributed by atoms with Gasteiger partial charge in [0, 0.05) is 19.1 Å². The van der Waals surface area contributed by atoms with Crippen LogP contribution in [-0.4, -0.2) is 33.6 Å². The molecule has 1 aromatic heterocycles. The number of hydrogen-bond acceptors (Lipinski definition) is 3. The van der Waals surface area contributed by atoms with Crippen LogP contribution in [0.5, 0.6) is 0 Å². The predicted octanol–water partition coefficient (Wildman–Crippen LogP) is 1.34. The van der Waals surface area contributed by atoms with E-state index in [9.17, 15) is 9.59 Å². The second-order valence-corrected chi connectivity index (χ2v) is 5.68. The molecule has 1 N–H and O–H groups in total. The zero-order valence-corrected chi connectivity index (χ0v) is 11.8. The molecule has 1 unspecified atom stereocenters. The normalized spacial score (nSPS) is 20.1. The predicted molar refractivity (Wildman–Crippen MR) is 79.2 cm³/mol. The van der Waals surface area contributed by atoms with Gasteiger partial charge >= 0.3 is 5.69 Å². The summed E-state index contributed by atoms with van der Waals surface area (Å²) in [4.78, 5) is 29.9. The van der Waals surface area contributed by atoms with Crippen LogP contribution >= 0.6 is 0 Å². The van der Waals surface area contributed by atoms with E-state index in [1.165, 1.54) is 4.57 Å². The second kappa shape index (κ2) is 4.90. The third kappa shape index (κ3) is 2.08. The summed E-state index contributed by atoms with van der Waals surface area (Å²) in [7, 11) is 0. The molecule has 1 aromatic carbocycles. The summed E-state index contributed by atoms with van der Waals surface area (Å²) in [5.41, 5.74) is 0.127. The number of rotatable bonds is 2. The first kappa shape index (κ1) is 13.1. The molecule has 0 spiro atoms. The van der Waals surface area contributed by atoms with Crippen LogP contribution in [0.15, 0.2) is 33.9 Å². The number of benzene rings is 1. The van der Waals surface area contributed by atoms with Crippen LogP contribution in [0.2, 0.25) is 0 Å². The summed E-state index contributed by atoms with van der Waals surface area (Å²) in [6.07, 6.45) is 0.847. The van der Waals surface area contributed by atoms with E-state index in [0.29, 0.717) is 16.9 Å². The third-order valence-electron chi connectivity index (χ3n) is 4.13. The first-order valence-corrected chi connectivity index (χ1v) is 7.05. The van der Waals surface area contributed by atoms with E-state index < -0.39 is 0 Å². The molecular formula is C15H19N3O2. The van der Waals surface area contributed by atoms with Crippen molar-refractivity contribution in [3.8, 4) is 0 Å². The van der Waals surface area contributed by atoms with Gasteiger partial charge in [0.2, 0.25) is 0 Å². The number of aromatic nitrogens is 2. The molecule has 0 aliphatic carbocycles. The largest absolute Gasteiger partial charge is 0.329 e. The topological polar surface area (TPSA) is 58.1 Å². The molecule has 2 heterocycles. The Morgan fingerprint density at radius 1 is 1.25 bits per heavy atom. The molecule has 1 atom stereocenters. The van der Waals surface area contributed by atoms with Gasteiger partial charge in [-0.05, 0) is 32.4 Å². The van der Waals surface area contributed by atoms with Crippen LogP contribution < -0.4 is 11.2 Å². The summed E-state index contributed by atoms with van der Waals surface area (Å²) in [6.45, 7) is 5.96. The zero-order valence-electron chi connectivity index (χ0n) is 11.8. The number of para-hydroxylation sites is 1. The highest BCUT2D eigenvalue weighted by atomic mass is 16.2. The van der Waals surface area contributed by atoms with Crippen molar-refractivity contribution in [2.24, 2.45) is 0 Å². The van der Waals surface area contributed by atoms with Gasteiger partial charge < -0.3 is 4.98 Å². The van der Waals surface area contributed by atoms with Crippen molar-refractivity contribution >= 4 is 10.9 Å². The standard InChI is InChI=1S/C15H19N3O2/c1-10(2)17-8-7-11(9-17)18-14(19)12-5-3-4-6-13(12)16-15(18)20/h3-6,10-11H,7-9H2,1-2H3,(H,16,20). The average Bonchev–Trinajstić information content (AvgIpc) is 2.88. The lowest BCUT2D eigenvalue weighted by molar-refractivity contribution is 0.263. The maximum absolute atomic E-state index is 12.5. The van der Waals surface area contributed by atoms with Gasteiger partial charge in [-0.3, -0.25) is 14.3 Å². The number of H-pyrrole nitrogens is 1. The first-order chi connectivity index (χ1) is 9.58. The van der Waals surface area contributed by atoms with E-state index in [4.69, 9.17) is 0 Å². The van der Waals surface area contributed by atoms with Crippen LogP contribution in [0, 0.1) is 0 Å². The van der Waals surface area contributed by atoms with E-state index in [1.54, 1.807) is 12.1 Å². The van der Waals surface area contributed by atoms with E-state index in [1.807, 2.05) is 12.1 Å². The first-order valence-electron chi connectivity index (χ1n) is 7.05. The molecule has 106 valence electrons. The van der Waals surface area contributed by atoms with Crippen molar-refractivity contribution in [1.29, 1.82) is 0 Å². The molecular weight excluding hydrogens is 254 g/mol. The van der Waals surface area contributed by atoms with Gasteiger partial charge in [-0.25, -0.2) is 4.79 Å². The lowest BCUT2D eigenvalue weighted by Gasteiger charge is -2.20. The van der Waals surface area contributed by atoms with Gasteiger partial charge in [0.15, 0.2) is 0 Å². The van der Waals surface area contributed by atoms with Crippen molar-refractivity contribution in [1.82, 2.24) is 14.5 Å². The van der Waals surface area contributed by atoms with Gasteiger partial charge in [0.1, 0.15) is 0 Å². The maximum atomic E-state index is 12.5. The fourth-order valence-electron chi connectivity index (χ4n) is 2.96. The third-order valence-corrected chi connectivity index (χ3v) is 4.13. The van der Waals surface area contributed by atoms with Gasteiger partial charge in [0.05, 0.1) is 16.9 Å². The molecule has 20 heavy (non-hydrogen) atoms. The number of aromatic amines is 1. The van der Waals surface area contributed by atoms with Gasteiger partial charge in [-0.1, -0.05) is 12.1 Å². The summed E-state index contributed by atoms with van der Waals surface area (Å²) in [6, 6.07) is 7.57. The summed E-state index contributed by atoms with van der Waals surface area (Å²) < 4.78 is 1.39. The van der Waals surface area contributed by atoms with E-state index in [0.717, 1.165) is 19.5 Å². The molecule has 1 aliphatic rings. The van der Waals surface area contributed by atoms with Crippen LogP contribution in [0.4, 0.5) is 0 Å². The molecule has 3 rings (SSSR count). The number of nitrogens with one attached hydrogen (secondary N) is 1. The molecule has 0 radical (unpaired) electrons. The van der Waals surface area contributed by atoms with Crippen molar-refractivity contribution < 1.29 is 0 Å². The van der Waals surface area contributed by atoms with Gasteiger partial charge in [-0.15, -0.1) is 0 Å². The van der Waals surface area contributed by atoms with E-state index >= 15 is 0 Å². The Kier molecular flexibility index (Phi) is 3.22. The van der Waals surface area contributed by atoms with Gasteiger partial charge in [0.25, 0.3) is 5.56 Å². The SMILES string of the molecule is CC(C)N1CCC(n2c(=O)[nH]c3ccccc3c2=O)C1. The number of nitrogens with zero attached hydrogens (tertiary/aromatic N) is 2. The van der Waals surface area contributed by atoms with Gasteiger partial charge in [-0.2, -0.15) is 0 Å². The van der Waals surface area contributed by atoms with Crippen molar-refractivity contribution in [3.05, 3.63) is 45.1 Å². The number of hydrogen-bond donors (Lipinski definition) is 1. The Morgan fingerprint density at radius 3 is 2.70 bits per heavy atom. The van der Waals surface area contributed by atoms with Crippen molar-refractivity contribution in [2.75, 3.05) is 13.1 Å². The summed E-state index contributed by atoms with van der Waals surface area (Å²) in [5, 5.41) is 0.579. The Balaban J connectivity index is 2.09. The number of likely N-dealkylation sites (tertiary alicyclic amines) is 1. The molecule has 5 heteroatoms. The lowest BCUT2D eigenvalue weighted by atomic mass is 10.2. The van der Waals surface area contributed by atoms with Crippen LogP contribution in [-0.2, 0) is 0 Å². The molecule has 5 nitrogen and oxygen atoms in total. The quantitative estimate of drug-likeness (QED) is 0.898. The summed E-state index contributed by atoms with van der Waals surface area (Å²) in [5.74, 6) is 0. The second-order valence-electron chi connectivity index (χ2n) is 5.68. The van der Waals surface area contributed by atoms with Crippen molar-refractivity contribution in [2.45, 2.75) is 32.4 Å². The molecule has 2 aromatic rings. The van der Waals surface area contributed by atoms with Crippen molar-refractivity contribution in [3.63, 3.8) is 0 Å². The Labute approximate surface area is 116 Å². The number of fused-ring (bicyclic) bond motifs is 1. The minimum Gasteiger partial charge on any atom is -0.307 e. The molecule has 1 aliphatic heterocycles. The fourth-order valence-corrected chi connectivity index (χ4v) is 2.96. The maximum Gasteiger partial charge on any atom is 0.329 e. The highest BCUT2D eigenvalue weighted by Crippen LogP contribution is 2.21. The molecule has 0 amide bonds. The fraction of sp³-hybridized carbons (Fsp3) is 0.467. The van der Waals surface area contributed by atoms with Crippen LogP contribution in [0.25, 0.3) is 10.9 Å². The minimum atomic E-state index is -0.302.